The van der Waals surface area contributed by atoms with Crippen LogP contribution < -0.4 is 0 Å². The lowest BCUT2D eigenvalue weighted by Gasteiger charge is -2.15. The number of ether oxygens (including phenoxy) is 1. The minimum absolute atomic E-state index is 0.0930. The van der Waals surface area contributed by atoms with Gasteiger partial charge in [-0.1, -0.05) is 12.1 Å². The summed E-state index contributed by atoms with van der Waals surface area (Å²) in [5, 5.41) is 9.81. The third-order valence-electron chi connectivity index (χ3n) is 2.33. The van der Waals surface area contributed by atoms with Gasteiger partial charge in [0, 0.05) is 16.7 Å². The number of rotatable bonds is 4. The van der Waals surface area contributed by atoms with Gasteiger partial charge < -0.3 is 9.84 Å². The molecule has 1 unspecified atom stereocenters. The molecule has 1 rings (SSSR count). The van der Waals surface area contributed by atoms with Crippen molar-refractivity contribution in [2.45, 2.75) is 15.9 Å². The van der Waals surface area contributed by atoms with E-state index in [-0.39, 0.29) is 10.5 Å². The molecule has 0 saturated carbocycles. The summed E-state index contributed by atoms with van der Waals surface area (Å²) in [6.07, 6.45) is 1.27. The molecule has 0 aromatic heterocycles. The lowest BCUT2D eigenvalue weighted by atomic mass is 10.1. The molecule has 1 aromatic rings. The topological polar surface area (TPSA) is 80.7 Å². The van der Waals surface area contributed by atoms with Gasteiger partial charge in [0.05, 0.1) is 12.0 Å². The van der Waals surface area contributed by atoms with Crippen LogP contribution in [-0.2, 0) is 19.4 Å². The van der Waals surface area contributed by atoms with E-state index >= 15 is 0 Å². The number of esters is 1. The molecule has 7 heteroatoms. The number of methoxy groups -OCH3 is 1. The summed E-state index contributed by atoms with van der Waals surface area (Å²) in [7, 11) is -2.26. The van der Waals surface area contributed by atoms with Crippen molar-refractivity contribution in [1.82, 2.24) is 0 Å². The fourth-order valence-corrected chi connectivity index (χ4v) is 3.67. The zero-order valence-electron chi connectivity index (χ0n) is 10.2. The zero-order chi connectivity index (χ0) is 13.9. The summed E-state index contributed by atoms with van der Waals surface area (Å²) in [5.74, 6) is -0.823. The molecular formula is C11H14O5S2. The number of hydrogen-bond donors (Lipinski definition) is 1. The van der Waals surface area contributed by atoms with Crippen LogP contribution in [0.15, 0.2) is 28.0 Å². The first-order valence-electron chi connectivity index (χ1n) is 4.95. The van der Waals surface area contributed by atoms with Gasteiger partial charge in [-0.05, 0) is 12.3 Å². The van der Waals surface area contributed by atoms with Crippen LogP contribution in [0.5, 0.6) is 0 Å². The molecule has 0 saturated heterocycles. The number of sulfone groups is 1. The molecule has 1 aromatic carbocycles. The largest absolute Gasteiger partial charge is 0.467 e. The van der Waals surface area contributed by atoms with Crippen LogP contribution in [0, 0.1) is 0 Å². The summed E-state index contributed by atoms with van der Waals surface area (Å²) < 4.78 is 27.7. The van der Waals surface area contributed by atoms with E-state index in [2.05, 4.69) is 4.74 Å². The van der Waals surface area contributed by atoms with Gasteiger partial charge in [0.15, 0.2) is 15.9 Å². The molecule has 0 radical (unpaired) electrons. The SMILES string of the molecule is COC(=O)C(O)c1cccc(S(C)(=O)=O)c1SC. The van der Waals surface area contributed by atoms with Crippen LogP contribution in [0.4, 0.5) is 0 Å². The Hall–Kier alpha value is -1.05. The minimum atomic E-state index is -3.42. The Kier molecular flexibility index (Phi) is 4.78. The number of aliphatic hydroxyl groups is 1. The molecule has 0 aliphatic carbocycles. The first-order chi connectivity index (χ1) is 8.32. The van der Waals surface area contributed by atoms with Gasteiger partial charge in [-0.15, -0.1) is 11.8 Å². The maximum absolute atomic E-state index is 11.6. The summed E-state index contributed by atoms with van der Waals surface area (Å²) in [5.41, 5.74) is 0.234. The van der Waals surface area contributed by atoms with E-state index in [0.29, 0.717) is 4.90 Å². The Bertz CT molecular complexity index is 551. The highest BCUT2D eigenvalue weighted by Crippen LogP contribution is 2.32. The van der Waals surface area contributed by atoms with Gasteiger partial charge >= 0.3 is 5.97 Å². The van der Waals surface area contributed by atoms with E-state index in [1.165, 1.54) is 18.2 Å². The maximum atomic E-state index is 11.6. The Labute approximate surface area is 110 Å². The number of carbonyl (C=O) groups excluding carboxylic acids is 1. The third kappa shape index (κ3) is 3.04. The van der Waals surface area contributed by atoms with E-state index in [1.807, 2.05) is 0 Å². The Morgan fingerprint density at radius 3 is 2.50 bits per heavy atom. The molecule has 0 fully saturated rings. The number of benzene rings is 1. The van der Waals surface area contributed by atoms with Gasteiger partial charge in [0.25, 0.3) is 0 Å². The van der Waals surface area contributed by atoms with Crippen LogP contribution in [-0.4, -0.2) is 39.1 Å². The van der Waals surface area contributed by atoms with Crippen LogP contribution in [0.2, 0.25) is 0 Å². The van der Waals surface area contributed by atoms with Crippen LogP contribution in [0.1, 0.15) is 11.7 Å². The van der Waals surface area contributed by atoms with Crippen molar-refractivity contribution in [3.8, 4) is 0 Å². The first-order valence-corrected chi connectivity index (χ1v) is 8.07. The van der Waals surface area contributed by atoms with Gasteiger partial charge in [0.1, 0.15) is 0 Å². The average Bonchev–Trinajstić information content (AvgIpc) is 2.34. The molecule has 0 heterocycles. The maximum Gasteiger partial charge on any atom is 0.339 e. The number of hydrogen-bond acceptors (Lipinski definition) is 6. The van der Waals surface area contributed by atoms with Crippen molar-refractivity contribution in [1.29, 1.82) is 0 Å². The van der Waals surface area contributed by atoms with Crippen LogP contribution in [0.25, 0.3) is 0 Å². The standard InChI is InChI=1S/C11H14O5S2/c1-16-11(13)9(12)7-5-4-6-8(10(7)17-2)18(3,14)15/h4-6,9,12H,1-3H3. The van der Waals surface area contributed by atoms with Crippen molar-refractivity contribution in [3.63, 3.8) is 0 Å². The summed E-state index contributed by atoms with van der Waals surface area (Å²) >= 11 is 1.16. The van der Waals surface area contributed by atoms with E-state index in [0.717, 1.165) is 25.1 Å². The van der Waals surface area contributed by atoms with Crippen molar-refractivity contribution >= 4 is 27.6 Å². The Morgan fingerprint density at radius 2 is 2.06 bits per heavy atom. The molecule has 0 aliphatic heterocycles. The summed E-state index contributed by atoms with van der Waals surface area (Å²) in [4.78, 5) is 11.8. The second-order valence-electron chi connectivity index (χ2n) is 3.58. The van der Waals surface area contributed by atoms with Crippen molar-refractivity contribution in [2.75, 3.05) is 19.6 Å². The molecule has 0 spiro atoms. The van der Waals surface area contributed by atoms with Gasteiger partial charge in [-0.3, -0.25) is 0 Å². The highest BCUT2D eigenvalue weighted by molar-refractivity contribution is 7.99. The Balaban J connectivity index is 3.43. The number of aliphatic hydroxyl groups excluding tert-OH is 1. The molecule has 18 heavy (non-hydrogen) atoms. The fourth-order valence-electron chi connectivity index (χ4n) is 1.50. The lowest BCUT2D eigenvalue weighted by molar-refractivity contribution is -0.150. The predicted octanol–water partition coefficient (Wildman–Crippen LogP) is 1.02. The van der Waals surface area contributed by atoms with Gasteiger partial charge in [-0.25, -0.2) is 13.2 Å². The summed E-state index contributed by atoms with van der Waals surface area (Å²) in [6.45, 7) is 0. The average molecular weight is 290 g/mol. The smallest absolute Gasteiger partial charge is 0.339 e. The molecule has 100 valence electrons. The predicted molar refractivity (Wildman–Crippen MR) is 68.3 cm³/mol. The quantitative estimate of drug-likeness (QED) is 0.658. The van der Waals surface area contributed by atoms with E-state index < -0.39 is 21.9 Å². The van der Waals surface area contributed by atoms with Crippen molar-refractivity contribution < 1.29 is 23.1 Å². The first kappa shape index (κ1) is 15.0. The number of carbonyl (C=O) groups is 1. The monoisotopic (exact) mass is 290 g/mol. The van der Waals surface area contributed by atoms with E-state index in [4.69, 9.17) is 0 Å². The highest BCUT2D eigenvalue weighted by Gasteiger charge is 2.24. The highest BCUT2D eigenvalue weighted by atomic mass is 32.2. The van der Waals surface area contributed by atoms with Crippen molar-refractivity contribution in [3.05, 3.63) is 23.8 Å². The minimum Gasteiger partial charge on any atom is -0.467 e. The van der Waals surface area contributed by atoms with Crippen LogP contribution >= 0.6 is 11.8 Å². The Morgan fingerprint density at radius 1 is 1.44 bits per heavy atom. The van der Waals surface area contributed by atoms with Crippen molar-refractivity contribution in [2.24, 2.45) is 0 Å². The second-order valence-corrected chi connectivity index (χ2v) is 6.38. The third-order valence-corrected chi connectivity index (χ3v) is 4.46. The molecule has 0 bridgehead atoms. The molecule has 1 N–H and O–H groups in total. The lowest BCUT2D eigenvalue weighted by Crippen LogP contribution is -2.15. The fraction of sp³-hybridized carbons (Fsp3) is 0.364. The van der Waals surface area contributed by atoms with Gasteiger partial charge in [-0.2, -0.15) is 0 Å². The summed E-state index contributed by atoms with van der Waals surface area (Å²) in [6, 6.07) is 4.42. The molecular weight excluding hydrogens is 276 g/mol. The normalized spacial score (nSPS) is 13.1. The van der Waals surface area contributed by atoms with E-state index in [9.17, 15) is 18.3 Å². The van der Waals surface area contributed by atoms with E-state index in [1.54, 1.807) is 6.26 Å². The van der Waals surface area contributed by atoms with Gasteiger partial charge in [0.2, 0.25) is 0 Å². The molecule has 5 nitrogen and oxygen atoms in total. The van der Waals surface area contributed by atoms with Crippen LogP contribution in [0.3, 0.4) is 0 Å². The zero-order valence-corrected chi connectivity index (χ0v) is 11.8. The number of thioether (sulfide) groups is 1. The second kappa shape index (κ2) is 5.73. The molecule has 1 atom stereocenters. The molecule has 0 aliphatic rings. The molecule has 0 amide bonds.